The Hall–Kier alpha value is -2.92. The molecule has 0 bridgehead atoms. The number of hydrogen-bond donors (Lipinski definition) is 3. The van der Waals surface area contributed by atoms with Gasteiger partial charge in [0, 0.05) is 16.9 Å². The first-order valence-electron chi connectivity index (χ1n) is 7.43. The standard InChI is InChI=1S/C15H13BF3N5O2/c1-24-22-14(21-23-24)12-8-10(16(25)26)5-6-13(12)20-11-4-2-3-9(7-11)15(17,18)19/h2-8,20,25-26H,1H3. The number of rotatable bonds is 4. The van der Waals surface area contributed by atoms with E-state index in [-0.39, 0.29) is 17.0 Å². The highest BCUT2D eigenvalue weighted by molar-refractivity contribution is 6.58. The highest BCUT2D eigenvalue weighted by Crippen LogP contribution is 2.32. The fourth-order valence-electron chi connectivity index (χ4n) is 2.34. The van der Waals surface area contributed by atoms with Gasteiger partial charge in [-0.25, -0.2) is 0 Å². The zero-order chi connectivity index (χ0) is 18.9. The van der Waals surface area contributed by atoms with Crippen molar-refractivity contribution in [1.82, 2.24) is 20.2 Å². The third kappa shape index (κ3) is 3.84. The van der Waals surface area contributed by atoms with Gasteiger partial charge >= 0.3 is 13.3 Å². The Morgan fingerprint density at radius 1 is 1.12 bits per heavy atom. The molecule has 1 heterocycles. The van der Waals surface area contributed by atoms with Crippen LogP contribution in [0.1, 0.15) is 5.56 Å². The lowest BCUT2D eigenvalue weighted by Crippen LogP contribution is -2.29. The van der Waals surface area contributed by atoms with Crippen molar-refractivity contribution in [3.8, 4) is 11.4 Å². The highest BCUT2D eigenvalue weighted by Gasteiger charge is 2.30. The number of benzene rings is 2. The molecule has 0 aliphatic heterocycles. The summed E-state index contributed by atoms with van der Waals surface area (Å²) in [6, 6.07) is 9.08. The average molecular weight is 363 g/mol. The SMILES string of the molecule is Cn1nnc(-c2cc(B(O)O)ccc2Nc2cccc(C(F)(F)F)c2)n1. The maximum Gasteiger partial charge on any atom is 0.488 e. The molecule has 0 aliphatic rings. The highest BCUT2D eigenvalue weighted by atomic mass is 19.4. The van der Waals surface area contributed by atoms with Crippen molar-refractivity contribution < 1.29 is 23.2 Å². The first-order valence-corrected chi connectivity index (χ1v) is 7.43. The minimum atomic E-state index is -4.46. The maximum absolute atomic E-state index is 12.9. The Labute approximate surface area is 146 Å². The molecule has 0 saturated heterocycles. The van der Waals surface area contributed by atoms with Gasteiger partial charge < -0.3 is 15.4 Å². The van der Waals surface area contributed by atoms with Crippen molar-refractivity contribution in [2.24, 2.45) is 7.05 Å². The molecule has 0 saturated carbocycles. The van der Waals surface area contributed by atoms with Crippen molar-refractivity contribution in [2.75, 3.05) is 5.32 Å². The molecular formula is C15H13BF3N5O2. The first-order chi connectivity index (χ1) is 12.2. The second-order valence-electron chi connectivity index (χ2n) is 5.48. The van der Waals surface area contributed by atoms with Gasteiger partial charge in [-0.2, -0.15) is 18.0 Å². The second kappa shape index (κ2) is 6.77. The van der Waals surface area contributed by atoms with Gasteiger partial charge in [0.15, 0.2) is 0 Å². The zero-order valence-corrected chi connectivity index (χ0v) is 13.4. The van der Waals surface area contributed by atoms with E-state index in [0.29, 0.717) is 11.3 Å². The van der Waals surface area contributed by atoms with E-state index < -0.39 is 18.9 Å². The van der Waals surface area contributed by atoms with Crippen LogP contribution in [-0.2, 0) is 13.2 Å². The molecule has 3 N–H and O–H groups in total. The van der Waals surface area contributed by atoms with Crippen molar-refractivity contribution in [2.45, 2.75) is 6.18 Å². The number of tetrazole rings is 1. The van der Waals surface area contributed by atoms with E-state index in [2.05, 4.69) is 20.7 Å². The molecule has 7 nitrogen and oxygen atoms in total. The number of aromatic nitrogens is 4. The summed E-state index contributed by atoms with van der Waals surface area (Å²) in [6.07, 6.45) is -4.46. The summed E-state index contributed by atoms with van der Waals surface area (Å²) in [7, 11) is -0.158. The van der Waals surface area contributed by atoms with Crippen LogP contribution in [0.25, 0.3) is 11.4 Å². The molecule has 0 aliphatic carbocycles. The van der Waals surface area contributed by atoms with Crippen LogP contribution in [0.3, 0.4) is 0 Å². The third-order valence-electron chi connectivity index (χ3n) is 3.56. The van der Waals surface area contributed by atoms with E-state index in [4.69, 9.17) is 0 Å². The summed E-state index contributed by atoms with van der Waals surface area (Å²) in [5, 5.41) is 33.2. The number of alkyl halides is 3. The first kappa shape index (κ1) is 17.9. The monoisotopic (exact) mass is 363 g/mol. The smallest absolute Gasteiger partial charge is 0.423 e. The van der Waals surface area contributed by atoms with E-state index in [9.17, 15) is 23.2 Å². The van der Waals surface area contributed by atoms with Crippen molar-refractivity contribution >= 4 is 24.0 Å². The number of halogens is 3. The van der Waals surface area contributed by atoms with E-state index in [1.54, 1.807) is 7.05 Å². The van der Waals surface area contributed by atoms with Crippen LogP contribution in [0.5, 0.6) is 0 Å². The lowest BCUT2D eigenvalue weighted by Gasteiger charge is -2.13. The van der Waals surface area contributed by atoms with Crippen molar-refractivity contribution in [3.05, 3.63) is 48.0 Å². The number of anilines is 2. The van der Waals surface area contributed by atoms with Gasteiger partial charge in [-0.3, -0.25) is 0 Å². The molecule has 0 amide bonds. The fourth-order valence-corrected chi connectivity index (χ4v) is 2.34. The average Bonchev–Trinajstić information content (AvgIpc) is 3.01. The van der Waals surface area contributed by atoms with E-state index in [1.807, 2.05) is 0 Å². The van der Waals surface area contributed by atoms with Gasteiger partial charge in [0.2, 0.25) is 5.82 Å². The van der Waals surface area contributed by atoms with Crippen LogP contribution >= 0.6 is 0 Å². The molecule has 134 valence electrons. The summed E-state index contributed by atoms with van der Waals surface area (Å²) < 4.78 is 38.6. The molecule has 3 rings (SSSR count). The lowest BCUT2D eigenvalue weighted by molar-refractivity contribution is -0.137. The minimum absolute atomic E-state index is 0.182. The number of aryl methyl sites for hydroxylation is 1. The summed E-state index contributed by atoms with van der Waals surface area (Å²) in [4.78, 5) is 1.21. The van der Waals surface area contributed by atoms with Gasteiger partial charge in [-0.1, -0.05) is 12.1 Å². The summed E-state index contributed by atoms with van der Waals surface area (Å²) >= 11 is 0. The largest absolute Gasteiger partial charge is 0.488 e. The Balaban J connectivity index is 2.02. The Morgan fingerprint density at radius 3 is 2.50 bits per heavy atom. The third-order valence-corrected chi connectivity index (χ3v) is 3.56. The number of nitrogens with zero attached hydrogens (tertiary/aromatic N) is 4. The predicted octanol–water partition coefficient (Wildman–Crippen LogP) is 1.32. The fraction of sp³-hybridized carbons (Fsp3) is 0.133. The van der Waals surface area contributed by atoms with E-state index in [1.165, 1.54) is 35.1 Å². The minimum Gasteiger partial charge on any atom is -0.423 e. The number of hydrogen-bond acceptors (Lipinski definition) is 6. The maximum atomic E-state index is 12.9. The Morgan fingerprint density at radius 2 is 1.88 bits per heavy atom. The van der Waals surface area contributed by atoms with Gasteiger partial charge in [0.25, 0.3) is 0 Å². The van der Waals surface area contributed by atoms with Crippen molar-refractivity contribution in [3.63, 3.8) is 0 Å². The quantitative estimate of drug-likeness (QED) is 0.605. The lowest BCUT2D eigenvalue weighted by atomic mass is 9.79. The van der Waals surface area contributed by atoms with Crippen molar-refractivity contribution in [1.29, 1.82) is 0 Å². The van der Waals surface area contributed by atoms with Crippen LogP contribution < -0.4 is 10.8 Å². The Bertz CT molecular complexity index is 930. The predicted molar refractivity (Wildman–Crippen MR) is 88.8 cm³/mol. The molecular weight excluding hydrogens is 350 g/mol. The molecule has 1 aromatic heterocycles. The molecule has 3 aromatic rings. The summed E-state index contributed by atoms with van der Waals surface area (Å²) in [5.41, 5.74) is 0.358. The number of nitrogens with one attached hydrogen (secondary N) is 1. The van der Waals surface area contributed by atoms with Crippen LogP contribution in [0.15, 0.2) is 42.5 Å². The van der Waals surface area contributed by atoms with E-state index >= 15 is 0 Å². The summed E-state index contributed by atoms with van der Waals surface area (Å²) in [5.74, 6) is 0.185. The van der Waals surface area contributed by atoms with Crippen LogP contribution in [-0.4, -0.2) is 37.4 Å². The molecule has 26 heavy (non-hydrogen) atoms. The molecule has 11 heteroatoms. The van der Waals surface area contributed by atoms with Gasteiger partial charge in [-0.15, -0.1) is 10.2 Å². The molecule has 0 atom stereocenters. The van der Waals surface area contributed by atoms with Crippen LogP contribution in [0.4, 0.5) is 24.5 Å². The van der Waals surface area contributed by atoms with Gasteiger partial charge in [0.1, 0.15) is 0 Å². The van der Waals surface area contributed by atoms with E-state index in [0.717, 1.165) is 12.1 Å². The van der Waals surface area contributed by atoms with Crippen LogP contribution in [0.2, 0.25) is 0 Å². The Kier molecular flexibility index (Phi) is 4.66. The van der Waals surface area contributed by atoms with Crippen LogP contribution in [0, 0.1) is 0 Å². The topological polar surface area (TPSA) is 96.1 Å². The summed E-state index contributed by atoms with van der Waals surface area (Å²) in [6.45, 7) is 0. The molecule has 0 fully saturated rings. The zero-order valence-electron chi connectivity index (χ0n) is 13.4. The normalized spacial score (nSPS) is 11.5. The molecule has 0 unspecified atom stereocenters. The second-order valence-corrected chi connectivity index (χ2v) is 5.48. The van der Waals surface area contributed by atoms with Gasteiger partial charge in [0.05, 0.1) is 12.6 Å². The molecule has 2 aromatic carbocycles. The van der Waals surface area contributed by atoms with Gasteiger partial charge in [-0.05, 0) is 41.0 Å². The molecule has 0 spiro atoms. The molecule has 0 radical (unpaired) electrons.